The van der Waals surface area contributed by atoms with E-state index in [0.717, 1.165) is 44.9 Å². The Hall–Kier alpha value is -0.633. The Bertz CT molecular complexity index is 652. The van der Waals surface area contributed by atoms with Crippen LogP contribution in [0.1, 0.15) is 221 Å². The van der Waals surface area contributed by atoms with E-state index in [-0.39, 0.29) is 6.03 Å². The van der Waals surface area contributed by atoms with E-state index in [9.17, 15) is 4.79 Å². The summed E-state index contributed by atoms with van der Waals surface area (Å²) in [5, 5.41) is 3.25. The Morgan fingerprint density at radius 3 is 1.08 bits per heavy atom. The van der Waals surface area contributed by atoms with Crippen molar-refractivity contribution in [2.24, 2.45) is 0 Å². The van der Waals surface area contributed by atoms with Crippen LogP contribution in [0, 0.1) is 0 Å². The van der Waals surface area contributed by atoms with Gasteiger partial charge in [-0.15, -0.1) is 0 Å². The van der Waals surface area contributed by atoms with E-state index in [1.54, 1.807) is 0 Å². The zero-order valence-corrected chi connectivity index (χ0v) is 35.0. The standard InChI is InChI=1S/C42H88N2O4Si/c1-6-11-13-15-17-19-21-23-25-27-29-31-33-35-38-43-42(45)44(40-37-41-49(46-8-3,47-9-4)48-10-5)39-36-34-32-30-28-26-24-22-20-18-16-14-12-7-2/h6-41H2,1-5H3,(H,43,45). The first-order chi connectivity index (χ1) is 24.1. The number of hydrogen-bond donors (Lipinski definition) is 1. The Kier molecular flexibility index (Phi) is 38.1. The molecule has 0 aromatic heterocycles. The van der Waals surface area contributed by atoms with Crippen LogP contribution < -0.4 is 5.32 Å². The Balaban J connectivity index is 4.36. The zero-order chi connectivity index (χ0) is 35.9. The molecule has 0 atom stereocenters. The highest BCUT2D eigenvalue weighted by molar-refractivity contribution is 6.60. The van der Waals surface area contributed by atoms with Gasteiger partial charge in [-0.25, -0.2) is 4.79 Å². The first-order valence-electron chi connectivity index (χ1n) is 22.0. The van der Waals surface area contributed by atoms with E-state index in [0.29, 0.717) is 19.8 Å². The van der Waals surface area contributed by atoms with Crippen molar-refractivity contribution >= 4 is 14.8 Å². The minimum absolute atomic E-state index is 0.0980. The lowest BCUT2D eigenvalue weighted by Crippen LogP contribution is -2.47. The van der Waals surface area contributed by atoms with Crippen molar-refractivity contribution in [2.75, 3.05) is 39.5 Å². The van der Waals surface area contributed by atoms with Gasteiger partial charge in [-0.3, -0.25) is 0 Å². The predicted molar refractivity (Wildman–Crippen MR) is 216 cm³/mol. The van der Waals surface area contributed by atoms with Gasteiger partial charge in [0.1, 0.15) is 0 Å². The van der Waals surface area contributed by atoms with Crippen molar-refractivity contribution in [1.82, 2.24) is 10.2 Å². The average Bonchev–Trinajstić information content (AvgIpc) is 3.09. The van der Waals surface area contributed by atoms with Gasteiger partial charge in [0.05, 0.1) is 0 Å². The van der Waals surface area contributed by atoms with Crippen LogP contribution in [0.4, 0.5) is 4.79 Å². The van der Waals surface area contributed by atoms with Crippen LogP contribution in [0.3, 0.4) is 0 Å². The van der Waals surface area contributed by atoms with E-state index < -0.39 is 8.80 Å². The summed E-state index contributed by atoms with van der Waals surface area (Å²) >= 11 is 0. The predicted octanol–water partition coefficient (Wildman–Crippen LogP) is 13.4. The minimum atomic E-state index is -2.69. The molecule has 0 spiro atoms. The fourth-order valence-electron chi connectivity index (χ4n) is 6.93. The number of carbonyl (C=O) groups excluding carboxylic acids is 1. The number of urea groups is 1. The van der Waals surface area contributed by atoms with Crippen LogP contribution >= 0.6 is 0 Å². The summed E-state index contributed by atoms with van der Waals surface area (Å²) in [6, 6.07) is 0.852. The molecule has 2 amide bonds. The lowest BCUT2D eigenvalue weighted by Gasteiger charge is -2.30. The number of nitrogens with one attached hydrogen (secondary N) is 1. The summed E-state index contributed by atoms with van der Waals surface area (Å²) in [5.74, 6) is 0. The van der Waals surface area contributed by atoms with Crippen molar-refractivity contribution in [2.45, 2.75) is 227 Å². The van der Waals surface area contributed by atoms with E-state index in [1.165, 1.54) is 167 Å². The van der Waals surface area contributed by atoms with Crippen molar-refractivity contribution in [3.63, 3.8) is 0 Å². The summed E-state index contributed by atoms with van der Waals surface area (Å²) in [6.07, 6.45) is 38.7. The molecular formula is C42H88N2O4Si. The highest BCUT2D eigenvalue weighted by atomic mass is 28.4. The quantitative estimate of drug-likeness (QED) is 0.0507. The van der Waals surface area contributed by atoms with Crippen LogP contribution in [0.2, 0.25) is 6.04 Å². The molecule has 0 bridgehead atoms. The van der Waals surface area contributed by atoms with Crippen LogP contribution in [-0.4, -0.2) is 59.2 Å². The second kappa shape index (κ2) is 38.6. The molecule has 1 N–H and O–H groups in total. The molecule has 0 radical (unpaired) electrons. The molecule has 0 unspecified atom stereocenters. The topological polar surface area (TPSA) is 60.0 Å². The smallest absolute Gasteiger partial charge is 0.374 e. The molecule has 0 heterocycles. The van der Waals surface area contributed by atoms with Gasteiger partial charge < -0.3 is 23.5 Å². The minimum Gasteiger partial charge on any atom is -0.374 e. The molecule has 0 rings (SSSR count). The molecule has 0 saturated carbocycles. The highest BCUT2D eigenvalue weighted by Gasteiger charge is 2.39. The third-order valence-corrected chi connectivity index (χ3v) is 13.0. The molecular weight excluding hydrogens is 625 g/mol. The molecule has 49 heavy (non-hydrogen) atoms. The van der Waals surface area contributed by atoms with Gasteiger partial charge in [-0.1, -0.05) is 181 Å². The molecule has 0 saturated heterocycles. The summed E-state index contributed by atoms with van der Waals surface area (Å²) in [6.45, 7) is 14.7. The molecule has 0 aliphatic rings. The first kappa shape index (κ1) is 48.4. The van der Waals surface area contributed by atoms with Gasteiger partial charge >= 0.3 is 14.8 Å². The molecule has 0 fully saturated rings. The Morgan fingerprint density at radius 1 is 0.429 bits per heavy atom. The lowest BCUT2D eigenvalue weighted by atomic mass is 10.0. The van der Waals surface area contributed by atoms with Gasteiger partial charge in [-0.2, -0.15) is 0 Å². The Labute approximate surface area is 308 Å². The van der Waals surface area contributed by atoms with Gasteiger partial charge in [-0.05, 0) is 40.0 Å². The number of carbonyl (C=O) groups is 1. The van der Waals surface area contributed by atoms with E-state index >= 15 is 0 Å². The van der Waals surface area contributed by atoms with E-state index in [4.69, 9.17) is 13.3 Å². The molecule has 0 aliphatic carbocycles. The number of nitrogens with zero attached hydrogens (tertiary/aromatic N) is 1. The maximum absolute atomic E-state index is 13.3. The van der Waals surface area contributed by atoms with E-state index in [2.05, 4.69) is 19.2 Å². The Morgan fingerprint density at radius 2 is 0.735 bits per heavy atom. The zero-order valence-electron chi connectivity index (χ0n) is 34.0. The molecule has 6 nitrogen and oxygen atoms in total. The van der Waals surface area contributed by atoms with Crippen molar-refractivity contribution in [3.05, 3.63) is 0 Å². The van der Waals surface area contributed by atoms with E-state index in [1.807, 2.05) is 25.7 Å². The number of hydrogen-bond acceptors (Lipinski definition) is 4. The fourth-order valence-corrected chi connectivity index (χ4v) is 9.52. The highest BCUT2D eigenvalue weighted by Crippen LogP contribution is 2.19. The number of unbranched alkanes of at least 4 members (excludes halogenated alkanes) is 26. The number of amides is 2. The van der Waals surface area contributed by atoms with Crippen LogP contribution in [0.15, 0.2) is 0 Å². The molecule has 0 aromatic carbocycles. The van der Waals surface area contributed by atoms with Gasteiger partial charge in [0.2, 0.25) is 0 Å². The van der Waals surface area contributed by atoms with Gasteiger partial charge in [0, 0.05) is 45.5 Å². The maximum Gasteiger partial charge on any atom is 0.500 e. The second-order valence-corrected chi connectivity index (χ2v) is 17.2. The maximum atomic E-state index is 13.3. The summed E-state index contributed by atoms with van der Waals surface area (Å²) in [5.41, 5.74) is 0. The third-order valence-electron chi connectivity index (χ3n) is 9.88. The molecule has 294 valence electrons. The molecule has 0 aromatic rings. The van der Waals surface area contributed by atoms with Crippen molar-refractivity contribution in [1.29, 1.82) is 0 Å². The average molecular weight is 713 g/mol. The summed E-state index contributed by atoms with van der Waals surface area (Å²) in [7, 11) is -2.69. The summed E-state index contributed by atoms with van der Waals surface area (Å²) in [4.78, 5) is 15.4. The van der Waals surface area contributed by atoms with Crippen LogP contribution in [-0.2, 0) is 13.3 Å². The summed E-state index contributed by atoms with van der Waals surface area (Å²) < 4.78 is 18.2. The molecule has 7 heteroatoms. The normalized spacial score (nSPS) is 11.8. The van der Waals surface area contributed by atoms with Crippen molar-refractivity contribution < 1.29 is 18.1 Å². The van der Waals surface area contributed by atoms with Crippen molar-refractivity contribution in [3.8, 4) is 0 Å². The molecule has 0 aliphatic heterocycles. The SMILES string of the molecule is CCCCCCCCCCCCCCCCNC(=O)N(CCCCCCCCCCCCCCCC)CCC[Si](OCC)(OCC)OCC. The number of rotatable bonds is 40. The lowest BCUT2D eigenvalue weighted by molar-refractivity contribution is 0.0700. The van der Waals surface area contributed by atoms with Gasteiger partial charge in [0.25, 0.3) is 0 Å². The second-order valence-electron chi connectivity index (χ2n) is 14.5. The monoisotopic (exact) mass is 713 g/mol. The van der Waals surface area contributed by atoms with Gasteiger partial charge in [0.15, 0.2) is 0 Å². The largest absolute Gasteiger partial charge is 0.500 e. The van der Waals surface area contributed by atoms with Crippen LogP contribution in [0.5, 0.6) is 0 Å². The first-order valence-corrected chi connectivity index (χ1v) is 24.0. The fraction of sp³-hybridized carbons (Fsp3) is 0.976. The third kappa shape index (κ3) is 31.8. The van der Waals surface area contributed by atoms with Crippen LogP contribution in [0.25, 0.3) is 0 Å².